The van der Waals surface area contributed by atoms with Gasteiger partial charge in [0.05, 0.1) is 11.5 Å². The number of rotatable bonds is 2. The van der Waals surface area contributed by atoms with Gasteiger partial charge in [-0.1, -0.05) is 0 Å². The molecule has 0 radical (unpaired) electrons. The van der Waals surface area contributed by atoms with Crippen LogP contribution in [0, 0.1) is 0 Å². The van der Waals surface area contributed by atoms with E-state index in [-0.39, 0.29) is 12.2 Å². The molecule has 1 rings (SSSR count). The van der Waals surface area contributed by atoms with Gasteiger partial charge in [-0.05, 0) is 27.2 Å². The zero-order valence-corrected chi connectivity index (χ0v) is 12.3. The standard InChI is InChI=1S/C11H19NO6S/c1-10(2,3)18-9(15)12(4)11(8(13)14)5-6-19(16,17)7-11/h5-7H2,1-4H3,(H,13,14). The fraction of sp³-hybridized carbons (Fsp3) is 0.818. The Morgan fingerprint density at radius 3 is 2.16 bits per heavy atom. The summed E-state index contributed by atoms with van der Waals surface area (Å²) >= 11 is 0. The summed E-state index contributed by atoms with van der Waals surface area (Å²) in [5.41, 5.74) is -2.51. The molecule has 8 heteroatoms. The number of carbonyl (C=O) groups is 2. The second kappa shape index (κ2) is 4.66. The molecule has 1 amide bonds. The topological polar surface area (TPSA) is 101 Å². The minimum absolute atomic E-state index is 0.125. The average molecular weight is 293 g/mol. The number of sulfone groups is 1. The van der Waals surface area contributed by atoms with E-state index in [0.717, 1.165) is 4.90 Å². The number of hydrogen-bond donors (Lipinski definition) is 1. The Morgan fingerprint density at radius 2 is 1.84 bits per heavy atom. The van der Waals surface area contributed by atoms with Crippen LogP contribution in [0.5, 0.6) is 0 Å². The fourth-order valence-electron chi connectivity index (χ4n) is 1.91. The number of hydrogen-bond acceptors (Lipinski definition) is 5. The number of carboxylic acids is 1. The van der Waals surface area contributed by atoms with Gasteiger partial charge in [-0.3, -0.25) is 4.90 Å². The molecule has 0 saturated carbocycles. The minimum Gasteiger partial charge on any atom is -0.479 e. The van der Waals surface area contributed by atoms with Crippen LogP contribution in [0.25, 0.3) is 0 Å². The van der Waals surface area contributed by atoms with Gasteiger partial charge in [0.25, 0.3) is 0 Å². The molecule has 1 aliphatic rings. The molecular weight excluding hydrogens is 274 g/mol. The first-order valence-electron chi connectivity index (χ1n) is 5.80. The molecule has 0 spiro atoms. The Labute approximate surface area is 112 Å². The fourth-order valence-corrected chi connectivity index (χ4v) is 3.90. The molecule has 19 heavy (non-hydrogen) atoms. The van der Waals surface area contributed by atoms with Crippen LogP contribution in [0.2, 0.25) is 0 Å². The number of carbonyl (C=O) groups excluding carboxylic acids is 1. The van der Waals surface area contributed by atoms with Crippen LogP contribution in [0.15, 0.2) is 0 Å². The zero-order chi connectivity index (χ0) is 15.1. The van der Waals surface area contributed by atoms with Crippen molar-refractivity contribution in [3.05, 3.63) is 0 Å². The van der Waals surface area contributed by atoms with E-state index in [1.54, 1.807) is 20.8 Å². The predicted octanol–water partition coefficient (Wildman–Crippen LogP) is 0.495. The molecule has 1 N–H and O–H groups in total. The Morgan fingerprint density at radius 1 is 1.32 bits per heavy atom. The largest absolute Gasteiger partial charge is 0.479 e. The third-order valence-electron chi connectivity index (χ3n) is 2.99. The summed E-state index contributed by atoms with van der Waals surface area (Å²) in [4.78, 5) is 24.2. The normalized spacial score (nSPS) is 25.9. The van der Waals surface area contributed by atoms with Crippen LogP contribution in [0.1, 0.15) is 27.2 Å². The highest BCUT2D eigenvalue weighted by Crippen LogP contribution is 2.30. The number of carboxylic acid groups (broad SMARTS) is 1. The highest BCUT2D eigenvalue weighted by atomic mass is 32.2. The van der Waals surface area contributed by atoms with Crippen LogP contribution in [-0.4, -0.2) is 60.2 Å². The van der Waals surface area contributed by atoms with Crippen molar-refractivity contribution in [2.45, 2.75) is 38.3 Å². The monoisotopic (exact) mass is 293 g/mol. The molecule has 0 aromatic carbocycles. The van der Waals surface area contributed by atoms with Gasteiger partial charge in [0.15, 0.2) is 15.4 Å². The molecule has 0 aromatic rings. The Hall–Kier alpha value is -1.31. The second-order valence-corrected chi connectivity index (χ2v) is 7.90. The molecule has 1 atom stereocenters. The van der Waals surface area contributed by atoms with Gasteiger partial charge in [0.1, 0.15) is 5.60 Å². The molecule has 0 bridgehead atoms. The van der Waals surface area contributed by atoms with Crippen molar-refractivity contribution in [1.82, 2.24) is 4.90 Å². The summed E-state index contributed by atoms with van der Waals surface area (Å²) in [7, 11) is -2.20. The molecule has 7 nitrogen and oxygen atoms in total. The number of ether oxygens (including phenoxy) is 1. The maximum absolute atomic E-state index is 11.9. The van der Waals surface area contributed by atoms with Gasteiger partial charge in [-0.25, -0.2) is 18.0 Å². The van der Waals surface area contributed by atoms with Gasteiger partial charge >= 0.3 is 12.1 Å². The van der Waals surface area contributed by atoms with Crippen molar-refractivity contribution in [2.75, 3.05) is 18.6 Å². The zero-order valence-electron chi connectivity index (χ0n) is 11.5. The smallest absolute Gasteiger partial charge is 0.411 e. The lowest BCUT2D eigenvalue weighted by atomic mass is 9.98. The first-order chi connectivity index (χ1) is 8.40. The van der Waals surface area contributed by atoms with Crippen LogP contribution < -0.4 is 0 Å². The quantitative estimate of drug-likeness (QED) is 0.795. The third-order valence-corrected chi connectivity index (χ3v) is 4.74. The first kappa shape index (κ1) is 15.7. The number of aliphatic carboxylic acids is 1. The van der Waals surface area contributed by atoms with Gasteiger partial charge in [0, 0.05) is 7.05 Å². The lowest BCUT2D eigenvalue weighted by Gasteiger charge is -2.34. The van der Waals surface area contributed by atoms with Gasteiger partial charge < -0.3 is 9.84 Å². The first-order valence-corrected chi connectivity index (χ1v) is 7.62. The van der Waals surface area contributed by atoms with Gasteiger partial charge in [-0.2, -0.15) is 0 Å². The van der Waals surface area contributed by atoms with E-state index >= 15 is 0 Å². The van der Waals surface area contributed by atoms with Crippen LogP contribution in [0.3, 0.4) is 0 Å². The summed E-state index contributed by atoms with van der Waals surface area (Å²) < 4.78 is 28.1. The molecule has 0 aliphatic carbocycles. The van der Waals surface area contributed by atoms with Gasteiger partial charge in [0.2, 0.25) is 0 Å². The minimum atomic E-state index is -3.45. The molecule has 1 aliphatic heterocycles. The molecule has 1 fully saturated rings. The van der Waals surface area contributed by atoms with Crippen molar-refractivity contribution >= 4 is 21.9 Å². The molecule has 1 saturated heterocycles. The highest BCUT2D eigenvalue weighted by molar-refractivity contribution is 7.91. The molecular formula is C11H19NO6S. The summed E-state index contributed by atoms with van der Waals surface area (Å²) in [6.07, 6.45) is -0.965. The molecule has 1 unspecified atom stereocenters. The van der Waals surface area contributed by atoms with Crippen molar-refractivity contribution in [3.63, 3.8) is 0 Å². The lowest BCUT2D eigenvalue weighted by Crippen LogP contribution is -2.57. The third kappa shape index (κ3) is 3.37. The van der Waals surface area contributed by atoms with Crippen molar-refractivity contribution in [1.29, 1.82) is 0 Å². The Balaban J connectivity index is 3.02. The van der Waals surface area contributed by atoms with Crippen molar-refractivity contribution in [2.24, 2.45) is 0 Å². The number of likely N-dealkylation sites (N-methyl/N-ethyl adjacent to an activating group) is 1. The highest BCUT2D eigenvalue weighted by Gasteiger charge is 2.53. The molecule has 0 aromatic heterocycles. The Bertz CT molecular complexity index is 492. The Kier molecular flexibility index (Phi) is 3.86. The van der Waals surface area contributed by atoms with E-state index in [2.05, 4.69) is 0 Å². The lowest BCUT2D eigenvalue weighted by molar-refractivity contribution is -0.148. The SMILES string of the molecule is CN(C(=O)OC(C)(C)C)C1(C(=O)O)CCS(=O)(=O)C1. The number of amides is 1. The van der Waals surface area contributed by atoms with Crippen LogP contribution >= 0.6 is 0 Å². The summed E-state index contributed by atoms with van der Waals surface area (Å²) in [5.74, 6) is -2.15. The van der Waals surface area contributed by atoms with Crippen molar-refractivity contribution < 1.29 is 27.9 Å². The summed E-state index contributed by atoms with van der Waals surface area (Å²) in [6, 6.07) is 0. The van der Waals surface area contributed by atoms with E-state index in [1.807, 2.05) is 0 Å². The average Bonchev–Trinajstić information content (AvgIpc) is 2.52. The van der Waals surface area contributed by atoms with Crippen molar-refractivity contribution in [3.8, 4) is 0 Å². The maximum Gasteiger partial charge on any atom is 0.411 e. The van der Waals surface area contributed by atoms with Gasteiger partial charge in [-0.15, -0.1) is 0 Å². The van der Waals surface area contributed by atoms with E-state index in [9.17, 15) is 23.1 Å². The summed E-state index contributed by atoms with van der Waals surface area (Å²) in [6.45, 7) is 4.95. The number of nitrogens with zero attached hydrogens (tertiary/aromatic N) is 1. The van der Waals surface area contributed by atoms with Crippen LogP contribution in [-0.2, 0) is 19.4 Å². The van der Waals surface area contributed by atoms with E-state index in [0.29, 0.717) is 0 Å². The molecule has 1 heterocycles. The summed E-state index contributed by atoms with van der Waals surface area (Å²) in [5, 5.41) is 9.30. The molecule has 110 valence electrons. The predicted molar refractivity (Wildman–Crippen MR) is 67.6 cm³/mol. The van der Waals surface area contributed by atoms with E-state index in [1.165, 1.54) is 7.05 Å². The van der Waals surface area contributed by atoms with Crippen LogP contribution in [0.4, 0.5) is 4.79 Å². The maximum atomic E-state index is 11.9. The van der Waals surface area contributed by atoms with E-state index in [4.69, 9.17) is 4.74 Å². The second-order valence-electron chi connectivity index (χ2n) is 5.72. The van der Waals surface area contributed by atoms with E-state index < -0.39 is 38.8 Å².